The third-order valence-corrected chi connectivity index (χ3v) is 15.8. The second kappa shape index (κ2) is 12.1. The number of hydrogen-bond acceptors (Lipinski definition) is 4. The molecule has 1 aliphatic heterocycles. The summed E-state index contributed by atoms with van der Waals surface area (Å²) in [5.41, 5.74) is 3.51. The number of aliphatic hydroxyl groups excluding tert-OH is 1. The molecule has 10 rings (SSSR count). The predicted octanol–water partition coefficient (Wildman–Crippen LogP) is 9.08. The quantitative estimate of drug-likeness (QED) is 0.193. The average Bonchev–Trinajstić information content (AvgIpc) is 3.42. The maximum atomic E-state index is 15.0. The molecule has 266 valence electrons. The standard InChI is InChI=1S/C47H55NO3/c1-43-22-17-38(49)30-45(43)25-26-47(39(31-45)42(50)37-15-13-36(14-16-37)35-11-7-4-8-12-35)40(43)18-23-44(2)41(47)19-24-46(44,51)32-48-27-20-34(21-28-48)29-33-9-5-3-6-10-33/h3-16,25-26,31,34,38,40-41,49,51H,17-24,27-30,32H2,1-2H3. The molecule has 4 heteroatoms. The zero-order valence-electron chi connectivity index (χ0n) is 30.6. The lowest BCUT2D eigenvalue weighted by Gasteiger charge is -2.71. The van der Waals surface area contributed by atoms with Gasteiger partial charge in [0, 0.05) is 33.9 Å². The number of carbonyl (C=O) groups excluding carboxylic acids is 1. The van der Waals surface area contributed by atoms with Crippen LogP contribution < -0.4 is 0 Å². The van der Waals surface area contributed by atoms with E-state index in [1.165, 1.54) is 18.4 Å². The van der Waals surface area contributed by atoms with E-state index < -0.39 is 11.0 Å². The topological polar surface area (TPSA) is 60.8 Å². The molecule has 8 unspecified atom stereocenters. The van der Waals surface area contributed by atoms with Crippen LogP contribution in [0.5, 0.6) is 0 Å². The van der Waals surface area contributed by atoms with Crippen molar-refractivity contribution < 1.29 is 15.0 Å². The van der Waals surface area contributed by atoms with Crippen molar-refractivity contribution in [1.82, 2.24) is 4.90 Å². The second-order valence-corrected chi connectivity index (χ2v) is 18.0. The average molecular weight is 682 g/mol. The normalized spacial score (nSPS) is 38.8. The summed E-state index contributed by atoms with van der Waals surface area (Å²) in [6, 6.07) is 29.5. The van der Waals surface area contributed by atoms with Crippen LogP contribution in [0.25, 0.3) is 11.1 Å². The molecular weight excluding hydrogens is 627 g/mol. The molecule has 3 saturated carbocycles. The van der Waals surface area contributed by atoms with E-state index in [1.807, 2.05) is 18.2 Å². The molecule has 3 aromatic carbocycles. The SMILES string of the molecule is CC12CCC(O)CC13C=CC1(C(C(=O)c4ccc(-c5ccccc5)cc4)=C3)C2CCC2(C)C1CCC2(O)CN1CCC(Cc2ccccc2)CC1. The number of fused-ring (bicyclic) bond motifs is 1. The van der Waals surface area contributed by atoms with E-state index in [4.69, 9.17) is 0 Å². The van der Waals surface area contributed by atoms with Gasteiger partial charge in [-0.25, -0.2) is 0 Å². The van der Waals surface area contributed by atoms with Crippen molar-refractivity contribution in [2.45, 2.75) is 89.8 Å². The van der Waals surface area contributed by atoms with Gasteiger partial charge in [-0.05, 0) is 117 Å². The number of carbonyl (C=O) groups is 1. The Morgan fingerprint density at radius 2 is 1.37 bits per heavy atom. The van der Waals surface area contributed by atoms with Gasteiger partial charge < -0.3 is 15.1 Å². The van der Waals surface area contributed by atoms with Gasteiger partial charge >= 0.3 is 0 Å². The van der Waals surface area contributed by atoms with Gasteiger partial charge in [0.1, 0.15) is 0 Å². The van der Waals surface area contributed by atoms with Gasteiger partial charge in [0.05, 0.1) is 11.7 Å². The lowest BCUT2D eigenvalue weighted by atomic mass is 9.32. The number of benzene rings is 3. The van der Waals surface area contributed by atoms with Crippen LogP contribution in [-0.2, 0) is 6.42 Å². The van der Waals surface area contributed by atoms with Crippen LogP contribution in [-0.4, -0.2) is 52.2 Å². The van der Waals surface area contributed by atoms with Crippen molar-refractivity contribution in [2.24, 2.45) is 39.4 Å². The second-order valence-electron chi connectivity index (χ2n) is 18.0. The van der Waals surface area contributed by atoms with Crippen LogP contribution in [0.3, 0.4) is 0 Å². The third-order valence-electron chi connectivity index (χ3n) is 15.8. The first-order chi connectivity index (χ1) is 24.6. The van der Waals surface area contributed by atoms with Crippen LogP contribution >= 0.6 is 0 Å². The van der Waals surface area contributed by atoms with Gasteiger partial charge in [-0.3, -0.25) is 4.79 Å². The smallest absolute Gasteiger partial charge is 0.189 e. The van der Waals surface area contributed by atoms with Crippen molar-refractivity contribution in [2.75, 3.05) is 19.6 Å². The molecule has 8 atom stereocenters. The van der Waals surface area contributed by atoms with E-state index in [9.17, 15) is 10.2 Å². The minimum atomic E-state index is -0.793. The van der Waals surface area contributed by atoms with Crippen LogP contribution in [0.2, 0.25) is 0 Å². The molecule has 51 heavy (non-hydrogen) atoms. The fourth-order valence-electron chi connectivity index (χ4n) is 12.9. The van der Waals surface area contributed by atoms with Crippen molar-refractivity contribution >= 4 is 5.78 Å². The maximum Gasteiger partial charge on any atom is 0.189 e. The summed E-state index contributed by atoms with van der Waals surface area (Å²) in [6.07, 6.45) is 16.5. The zero-order chi connectivity index (χ0) is 35.1. The molecule has 0 amide bonds. The maximum absolute atomic E-state index is 15.0. The van der Waals surface area contributed by atoms with Crippen LogP contribution in [0.15, 0.2) is 109 Å². The summed E-state index contributed by atoms with van der Waals surface area (Å²) in [5.74, 6) is 1.32. The molecule has 4 nitrogen and oxygen atoms in total. The number of piperidine rings is 1. The number of likely N-dealkylation sites (tertiary alicyclic amines) is 1. The summed E-state index contributed by atoms with van der Waals surface area (Å²) in [7, 11) is 0. The molecule has 2 N–H and O–H groups in total. The molecule has 4 fully saturated rings. The number of allylic oxidation sites excluding steroid dienone is 4. The first-order valence-electron chi connectivity index (χ1n) is 19.9. The third kappa shape index (κ3) is 4.99. The first-order valence-corrected chi connectivity index (χ1v) is 19.9. The highest BCUT2D eigenvalue weighted by atomic mass is 16.3. The van der Waals surface area contributed by atoms with Crippen molar-refractivity contribution in [1.29, 1.82) is 0 Å². The first kappa shape index (κ1) is 33.5. The summed E-state index contributed by atoms with van der Waals surface area (Å²) < 4.78 is 0. The molecule has 0 radical (unpaired) electrons. The number of ketones is 1. The van der Waals surface area contributed by atoms with E-state index >= 15 is 4.79 Å². The van der Waals surface area contributed by atoms with E-state index in [0.717, 1.165) is 86.8 Å². The zero-order valence-corrected chi connectivity index (χ0v) is 30.6. The minimum Gasteiger partial charge on any atom is -0.393 e. The Bertz CT molecular complexity index is 1840. The molecule has 2 bridgehead atoms. The fourth-order valence-corrected chi connectivity index (χ4v) is 12.9. The Morgan fingerprint density at radius 1 is 0.745 bits per heavy atom. The van der Waals surface area contributed by atoms with E-state index in [2.05, 4.69) is 104 Å². The lowest BCUT2D eigenvalue weighted by Crippen LogP contribution is -2.67. The van der Waals surface area contributed by atoms with Crippen molar-refractivity contribution in [3.05, 3.63) is 120 Å². The van der Waals surface area contributed by atoms with Crippen LogP contribution in [0.4, 0.5) is 0 Å². The molecule has 1 saturated heterocycles. The molecule has 0 aromatic heterocycles. The molecule has 7 aliphatic rings. The number of nitrogens with zero attached hydrogens (tertiary/aromatic N) is 1. The molecular formula is C47H55NO3. The minimum absolute atomic E-state index is 0.0232. The van der Waals surface area contributed by atoms with E-state index in [1.54, 1.807) is 0 Å². The van der Waals surface area contributed by atoms with E-state index in [-0.39, 0.29) is 34.1 Å². The Kier molecular flexibility index (Phi) is 7.96. The number of aliphatic hydroxyl groups is 2. The van der Waals surface area contributed by atoms with Crippen LogP contribution in [0, 0.1) is 39.4 Å². The van der Waals surface area contributed by atoms with Gasteiger partial charge in [-0.1, -0.05) is 117 Å². The summed E-state index contributed by atoms with van der Waals surface area (Å²) in [4.78, 5) is 17.6. The van der Waals surface area contributed by atoms with Gasteiger partial charge in [0.15, 0.2) is 5.78 Å². The van der Waals surface area contributed by atoms with Gasteiger partial charge in [-0.2, -0.15) is 0 Å². The fraction of sp³-hybridized carbons (Fsp3) is 0.511. The highest BCUT2D eigenvalue weighted by molar-refractivity contribution is 6.10. The predicted molar refractivity (Wildman–Crippen MR) is 204 cm³/mol. The van der Waals surface area contributed by atoms with Gasteiger partial charge in [-0.15, -0.1) is 0 Å². The summed E-state index contributed by atoms with van der Waals surface area (Å²) >= 11 is 0. The number of β-amino-alcohol motifs (C(OH)–C–C–N with tert-alkyl or cyclic N) is 1. The van der Waals surface area contributed by atoms with Crippen molar-refractivity contribution in [3.63, 3.8) is 0 Å². The molecule has 6 aliphatic carbocycles. The summed E-state index contributed by atoms with van der Waals surface area (Å²) in [6.45, 7) is 7.66. The Balaban J connectivity index is 1.03. The van der Waals surface area contributed by atoms with E-state index in [0.29, 0.717) is 18.3 Å². The van der Waals surface area contributed by atoms with Gasteiger partial charge in [0.2, 0.25) is 0 Å². The number of rotatable bonds is 7. The molecule has 1 heterocycles. The Labute approximate surface area is 304 Å². The van der Waals surface area contributed by atoms with Gasteiger partial charge in [0.25, 0.3) is 0 Å². The highest BCUT2D eigenvalue weighted by Gasteiger charge is 2.74. The Morgan fingerprint density at radius 3 is 2.10 bits per heavy atom. The highest BCUT2D eigenvalue weighted by Crippen LogP contribution is 2.78. The largest absolute Gasteiger partial charge is 0.393 e. The molecule has 3 aromatic rings. The monoisotopic (exact) mass is 681 g/mol. The lowest BCUT2D eigenvalue weighted by molar-refractivity contribution is -0.177. The van der Waals surface area contributed by atoms with Crippen LogP contribution in [0.1, 0.15) is 87.6 Å². The molecule has 2 spiro atoms. The summed E-state index contributed by atoms with van der Waals surface area (Å²) in [5, 5.41) is 24.0. The number of hydrogen-bond donors (Lipinski definition) is 2. The Hall–Kier alpha value is -3.31. The number of Topliss-reactive ketones (excluding diaryl/α,β-unsaturated/α-hetero) is 1. The van der Waals surface area contributed by atoms with Crippen molar-refractivity contribution in [3.8, 4) is 11.1 Å².